The van der Waals surface area contributed by atoms with E-state index in [-0.39, 0.29) is 56.7 Å². The lowest BCUT2D eigenvalue weighted by atomic mass is 10.0. The normalized spacial score (nSPS) is 18.5. The molecule has 17 nitrogen and oxygen atoms in total. The number of amides is 3. The van der Waals surface area contributed by atoms with Gasteiger partial charge in [0.05, 0.1) is 0 Å². The Morgan fingerprint density at radius 2 is 1.74 bits per heavy atom. The van der Waals surface area contributed by atoms with Crippen molar-refractivity contribution >= 4 is 85.8 Å². The first kappa shape index (κ1) is 30.4. The van der Waals surface area contributed by atoms with Crippen molar-refractivity contribution in [1.82, 2.24) is 20.2 Å². The number of carboxylic acids is 1. The molecule has 1 fully saturated rings. The summed E-state index contributed by atoms with van der Waals surface area (Å²) in [5, 5.41) is 24.7. The maximum atomic E-state index is 13.2. The molecular formula is C22H22N8O9S3. The summed E-state index contributed by atoms with van der Waals surface area (Å²) in [6, 6.07) is -1.08. The van der Waals surface area contributed by atoms with E-state index >= 15 is 0 Å². The first-order valence-corrected chi connectivity index (χ1v) is 14.4. The molecule has 2 unspecified atom stereocenters. The van der Waals surface area contributed by atoms with Crippen LogP contribution in [0.4, 0.5) is 10.3 Å². The van der Waals surface area contributed by atoms with E-state index in [0.717, 1.165) is 27.6 Å². The number of nitrogen functional groups attached to an aromatic ring is 1. The molecule has 2 aliphatic heterocycles. The summed E-state index contributed by atoms with van der Waals surface area (Å²) in [4.78, 5) is 80.8. The maximum absolute atomic E-state index is 13.2. The molecule has 2 atom stereocenters. The number of hydrogen-bond donors (Lipinski definition) is 4. The van der Waals surface area contributed by atoms with Crippen molar-refractivity contribution in [3.8, 4) is 0 Å². The molecule has 3 amide bonds. The van der Waals surface area contributed by atoms with Crippen LogP contribution in [-0.4, -0.2) is 99.1 Å². The molecule has 0 bridgehead atoms. The quantitative estimate of drug-likeness (QED) is 0.108. The Bertz CT molecular complexity index is 1530. The van der Waals surface area contributed by atoms with Gasteiger partial charge in [-0.2, -0.15) is 0 Å². The van der Waals surface area contributed by atoms with E-state index in [1.165, 1.54) is 43.7 Å². The largest absolute Gasteiger partial charge is 0.477 e. The number of rotatable bonds is 11. The lowest BCUT2D eigenvalue weighted by molar-refractivity contribution is -0.150. The molecule has 42 heavy (non-hydrogen) atoms. The molecule has 1 saturated heterocycles. The summed E-state index contributed by atoms with van der Waals surface area (Å²) >= 11 is 3.27. The van der Waals surface area contributed by atoms with Crippen molar-refractivity contribution in [2.24, 2.45) is 10.3 Å². The fourth-order valence-corrected chi connectivity index (χ4v) is 6.34. The number of carbonyl (C=O) groups excluding carboxylic acids is 4. The number of thioether (sulfide) groups is 1. The van der Waals surface area contributed by atoms with Crippen LogP contribution in [0, 0.1) is 0 Å². The minimum absolute atomic E-state index is 0.0208. The molecular weight excluding hydrogens is 616 g/mol. The molecule has 4 heterocycles. The van der Waals surface area contributed by atoms with Gasteiger partial charge in [-0.05, 0) is 0 Å². The second kappa shape index (κ2) is 13.0. The third kappa shape index (κ3) is 6.34. The number of esters is 1. The smallest absolute Gasteiger partial charge is 0.352 e. The highest BCUT2D eigenvalue weighted by Gasteiger charge is 2.54. The number of aromatic nitrogens is 2. The number of oxime groups is 2. The number of carbonyl (C=O) groups is 5. The Labute approximate surface area is 248 Å². The number of fused-ring (bicyclic) bond motifs is 1. The fourth-order valence-electron chi connectivity index (χ4n) is 3.78. The first-order chi connectivity index (χ1) is 20.0. The number of ether oxygens (including phenoxy) is 1. The van der Waals surface area contributed by atoms with E-state index in [2.05, 4.69) is 30.9 Å². The van der Waals surface area contributed by atoms with Crippen molar-refractivity contribution in [3.05, 3.63) is 33.4 Å². The van der Waals surface area contributed by atoms with Crippen molar-refractivity contribution in [1.29, 1.82) is 0 Å². The molecule has 20 heteroatoms. The molecule has 0 spiro atoms. The number of anilines is 2. The number of aliphatic carboxylic acids is 1. The summed E-state index contributed by atoms with van der Waals surface area (Å²) in [6.45, 7) is 0.909. The van der Waals surface area contributed by atoms with Gasteiger partial charge in [-0.1, -0.05) is 10.3 Å². The highest BCUT2D eigenvalue weighted by Crippen LogP contribution is 2.40. The summed E-state index contributed by atoms with van der Waals surface area (Å²) in [5.41, 5.74) is 5.35. The average molecular weight is 639 g/mol. The number of carboxylic acid groups (broad SMARTS) is 1. The minimum Gasteiger partial charge on any atom is -0.477 e. The zero-order chi connectivity index (χ0) is 30.6. The van der Waals surface area contributed by atoms with Crippen LogP contribution in [0.25, 0.3) is 0 Å². The summed E-state index contributed by atoms with van der Waals surface area (Å²) in [6.07, 6.45) is 0. The highest BCUT2D eigenvalue weighted by atomic mass is 32.2. The lowest BCUT2D eigenvalue weighted by Gasteiger charge is -2.49. The van der Waals surface area contributed by atoms with Crippen LogP contribution in [0.2, 0.25) is 0 Å². The summed E-state index contributed by atoms with van der Waals surface area (Å²) in [5.74, 6) is -4.01. The fraction of sp³-hybridized carbons (Fsp3) is 0.318. The van der Waals surface area contributed by atoms with Gasteiger partial charge in [0, 0.05) is 29.0 Å². The Kier molecular flexibility index (Phi) is 9.38. The molecule has 0 radical (unpaired) electrons. The predicted octanol–water partition coefficient (Wildman–Crippen LogP) is -0.177. The molecule has 2 aromatic heterocycles. The second-order valence-corrected chi connectivity index (χ2v) is 11.1. The van der Waals surface area contributed by atoms with Crippen LogP contribution < -0.4 is 16.4 Å². The number of nitrogens with zero attached hydrogens (tertiary/aromatic N) is 5. The van der Waals surface area contributed by atoms with Gasteiger partial charge in [0.15, 0.2) is 21.7 Å². The molecule has 2 aromatic rings. The average Bonchev–Trinajstić information content (AvgIpc) is 3.59. The van der Waals surface area contributed by atoms with E-state index in [0.29, 0.717) is 0 Å². The third-order valence-corrected chi connectivity index (χ3v) is 8.28. The van der Waals surface area contributed by atoms with Gasteiger partial charge < -0.3 is 30.6 Å². The molecule has 5 N–H and O–H groups in total. The Balaban J connectivity index is 1.46. The maximum Gasteiger partial charge on any atom is 0.352 e. The molecule has 222 valence electrons. The van der Waals surface area contributed by atoms with Crippen LogP contribution in [0.1, 0.15) is 18.3 Å². The lowest BCUT2D eigenvalue weighted by Crippen LogP contribution is -2.71. The van der Waals surface area contributed by atoms with Crippen molar-refractivity contribution in [2.45, 2.75) is 18.3 Å². The monoisotopic (exact) mass is 638 g/mol. The molecule has 2 aliphatic rings. The van der Waals surface area contributed by atoms with Gasteiger partial charge in [-0.3, -0.25) is 29.4 Å². The second-order valence-electron chi connectivity index (χ2n) is 8.21. The van der Waals surface area contributed by atoms with Gasteiger partial charge in [0.2, 0.25) is 0 Å². The number of nitrogens with two attached hydrogens (primary N) is 1. The van der Waals surface area contributed by atoms with Crippen molar-refractivity contribution in [3.63, 3.8) is 0 Å². The predicted molar refractivity (Wildman–Crippen MR) is 151 cm³/mol. The van der Waals surface area contributed by atoms with E-state index in [1.807, 2.05) is 0 Å². The number of hydrogen-bond acceptors (Lipinski definition) is 16. The Morgan fingerprint density at radius 1 is 1.10 bits per heavy atom. The number of β-lactam (4-membered cyclic amide) rings is 1. The number of nitrogens with one attached hydrogen (secondary N) is 2. The summed E-state index contributed by atoms with van der Waals surface area (Å²) < 4.78 is 4.91. The van der Waals surface area contributed by atoms with Gasteiger partial charge in [-0.25, -0.2) is 14.8 Å². The van der Waals surface area contributed by atoms with Crippen molar-refractivity contribution in [2.75, 3.05) is 37.6 Å². The summed E-state index contributed by atoms with van der Waals surface area (Å²) in [7, 11) is 2.46. The van der Waals surface area contributed by atoms with E-state index in [1.54, 1.807) is 0 Å². The topological polar surface area (TPSA) is 237 Å². The number of thiazole rings is 2. The Hall–Kier alpha value is -4.56. The van der Waals surface area contributed by atoms with Gasteiger partial charge in [-0.15, -0.1) is 34.4 Å². The van der Waals surface area contributed by atoms with Crippen LogP contribution >= 0.6 is 34.4 Å². The molecule has 0 saturated carbocycles. The standard InChI is InChI=1S/C22H22N8O9S3/c1-8(31)39-4-9-5-40-19-14(18(34)30(19)15(9)20(35)36)26-16(32)13(29-38-3)11-7-42-22(25-11)27-17(33)12(28-37-2)10-6-41-21(23)24-10/h6-7,14,19H,4-5H2,1-3H3,(H2,23,24)(H,26,32)(H,35,36)(H,25,27,33)/b28-12+,29-13+. The van der Waals surface area contributed by atoms with E-state index in [9.17, 15) is 29.1 Å². The van der Waals surface area contributed by atoms with E-state index in [4.69, 9.17) is 20.1 Å². The first-order valence-electron chi connectivity index (χ1n) is 11.6. The zero-order valence-electron chi connectivity index (χ0n) is 22.0. The minimum atomic E-state index is -1.36. The SMILES string of the molecule is CO/N=C(/C(=O)Nc1nc(/C(=N\OC)C(=O)NC2C(=O)N3C(C(=O)O)=C(COC(C)=O)CSC23)cs1)c1csc(N)n1. The van der Waals surface area contributed by atoms with Crippen molar-refractivity contribution < 1.29 is 43.5 Å². The van der Waals surface area contributed by atoms with Crippen LogP contribution in [-0.2, 0) is 38.4 Å². The van der Waals surface area contributed by atoms with Crippen LogP contribution in [0.15, 0.2) is 32.3 Å². The van der Waals surface area contributed by atoms with Gasteiger partial charge in [0.25, 0.3) is 17.7 Å². The molecule has 0 aromatic carbocycles. The van der Waals surface area contributed by atoms with Crippen LogP contribution in [0.3, 0.4) is 0 Å². The molecule has 4 rings (SSSR count). The highest BCUT2D eigenvalue weighted by molar-refractivity contribution is 8.00. The Morgan fingerprint density at radius 3 is 2.33 bits per heavy atom. The molecule has 0 aliphatic carbocycles. The van der Waals surface area contributed by atoms with Crippen LogP contribution in [0.5, 0.6) is 0 Å². The van der Waals surface area contributed by atoms with E-state index < -0.39 is 41.1 Å². The zero-order valence-corrected chi connectivity index (χ0v) is 24.4. The van der Waals surface area contributed by atoms with Gasteiger partial charge in [0.1, 0.15) is 49.3 Å². The third-order valence-electron chi connectivity index (χ3n) is 5.51. The van der Waals surface area contributed by atoms with Gasteiger partial charge >= 0.3 is 11.9 Å².